The van der Waals surface area contributed by atoms with Gasteiger partial charge in [0.25, 0.3) is 11.5 Å². The number of aromatic nitrogens is 2. The molecule has 0 saturated heterocycles. The number of fused-ring (bicyclic) bond motifs is 1. The molecule has 4 aromatic rings. The summed E-state index contributed by atoms with van der Waals surface area (Å²) in [6, 6.07) is 18.1. The van der Waals surface area contributed by atoms with Crippen LogP contribution in [0.1, 0.15) is 60.5 Å². The van der Waals surface area contributed by atoms with E-state index < -0.39 is 23.7 Å². The van der Waals surface area contributed by atoms with E-state index in [4.69, 9.17) is 4.98 Å². The van der Waals surface area contributed by atoms with Gasteiger partial charge in [-0.2, -0.15) is 13.2 Å². The molecule has 0 bridgehead atoms. The number of carbonyl (C=O) groups is 1. The van der Waals surface area contributed by atoms with Crippen molar-refractivity contribution in [1.82, 2.24) is 14.5 Å². The van der Waals surface area contributed by atoms with E-state index in [1.807, 2.05) is 45.0 Å². The minimum absolute atomic E-state index is 0.0685. The molecule has 1 aromatic heterocycles. The number of hydrogen-bond acceptors (Lipinski definition) is 3. The Morgan fingerprint density at radius 2 is 1.66 bits per heavy atom. The summed E-state index contributed by atoms with van der Waals surface area (Å²) in [5, 5.41) is 0.435. The van der Waals surface area contributed by atoms with Gasteiger partial charge in [0.05, 0.1) is 28.2 Å². The van der Waals surface area contributed by atoms with Crippen LogP contribution in [0, 0.1) is 12.8 Å². The second-order valence-electron chi connectivity index (χ2n) is 9.85. The molecule has 1 unspecified atom stereocenters. The molecular formula is C30H30F3N3O2. The van der Waals surface area contributed by atoms with Gasteiger partial charge in [0.1, 0.15) is 5.82 Å². The van der Waals surface area contributed by atoms with E-state index in [9.17, 15) is 22.8 Å². The highest BCUT2D eigenvalue weighted by molar-refractivity contribution is 5.94. The smallest absolute Gasteiger partial charge is 0.329 e. The highest BCUT2D eigenvalue weighted by atomic mass is 19.4. The lowest BCUT2D eigenvalue weighted by Gasteiger charge is -2.31. The van der Waals surface area contributed by atoms with Crippen molar-refractivity contribution < 1.29 is 18.0 Å². The first-order valence-corrected chi connectivity index (χ1v) is 12.5. The molecular weight excluding hydrogens is 491 g/mol. The number of alkyl halides is 3. The Morgan fingerprint density at radius 1 is 0.974 bits per heavy atom. The zero-order valence-corrected chi connectivity index (χ0v) is 21.8. The summed E-state index contributed by atoms with van der Waals surface area (Å²) in [4.78, 5) is 33.9. The maximum Gasteiger partial charge on any atom is 0.416 e. The molecule has 0 aliphatic heterocycles. The maximum atomic E-state index is 13.8. The van der Waals surface area contributed by atoms with Crippen LogP contribution in [0.5, 0.6) is 0 Å². The van der Waals surface area contributed by atoms with Crippen molar-refractivity contribution in [3.05, 3.63) is 106 Å². The van der Waals surface area contributed by atoms with Gasteiger partial charge in [-0.3, -0.25) is 14.2 Å². The summed E-state index contributed by atoms with van der Waals surface area (Å²) in [7, 11) is 0. The number of hydrogen-bond donors (Lipinski definition) is 0. The van der Waals surface area contributed by atoms with Gasteiger partial charge in [-0.15, -0.1) is 0 Å². The SMILES string of the molecule is Cc1ccccc1-n1c(C(C)N(CCC(C)C)C(=O)c2cccc(C(F)(F)F)c2)nc2ccccc2c1=O. The highest BCUT2D eigenvalue weighted by Gasteiger charge is 2.33. The van der Waals surface area contributed by atoms with Crippen LogP contribution in [-0.2, 0) is 6.18 Å². The topological polar surface area (TPSA) is 55.2 Å². The van der Waals surface area contributed by atoms with Gasteiger partial charge in [-0.05, 0) is 68.1 Å². The van der Waals surface area contributed by atoms with Crippen molar-refractivity contribution >= 4 is 16.8 Å². The summed E-state index contributed by atoms with van der Waals surface area (Å²) >= 11 is 0. The van der Waals surface area contributed by atoms with E-state index >= 15 is 0 Å². The lowest BCUT2D eigenvalue weighted by molar-refractivity contribution is -0.137. The normalized spacial score (nSPS) is 12.6. The minimum atomic E-state index is -4.57. The fourth-order valence-corrected chi connectivity index (χ4v) is 4.48. The predicted octanol–water partition coefficient (Wildman–Crippen LogP) is 6.96. The molecule has 0 spiro atoms. The van der Waals surface area contributed by atoms with Crippen LogP contribution in [0.15, 0.2) is 77.6 Å². The largest absolute Gasteiger partial charge is 0.416 e. The van der Waals surface area contributed by atoms with Crippen molar-refractivity contribution in [2.24, 2.45) is 5.92 Å². The first-order valence-electron chi connectivity index (χ1n) is 12.5. The van der Waals surface area contributed by atoms with Gasteiger partial charge >= 0.3 is 6.18 Å². The minimum Gasteiger partial charge on any atom is -0.329 e. The molecule has 1 atom stereocenters. The molecule has 0 saturated carbocycles. The van der Waals surface area contributed by atoms with Gasteiger partial charge < -0.3 is 4.90 Å². The van der Waals surface area contributed by atoms with E-state index in [0.29, 0.717) is 28.8 Å². The molecule has 3 aromatic carbocycles. The summed E-state index contributed by atoms with van der Waals surface area (Å²) in [5.74, 6) is 0.0252. The Labute approximate surface area is 219 Å². The van der Waals surface area contributed by atoms with Crippen LogP contribution in [0.2, 0.25) is 0 Å². The second kappa shape index (κ2) is 10.8. The third kappa shape index (κ3) is 5.49. The van der Waals surface area contributed by atoms with E-state index in [0.717, 1.165) is 17.7 Å². The van der Waals surface area contributed by atoms with Gasteiger partial charge in [0, 0.05) is 12.1 Å². The molecule has 4 rings (SSSR count). The van der Waals surface area contributed by atoms with Gasteiger partial charge in [0.15, 0.2) is 0 Å². The van der Waals surface area contributed by atoms with Crippen molar-refractivity contribution in [3.8, 4) is 5.69 Å². The molecule has 0 aliphatic carbocycles. The Balaban J connectivity index is 1.90. The van der Waals surface area contributed by atoms with E-state index in [2.05, 4.69) is 0 Å². The lowest BCUT2D eigenvalue weighted by Crippen LogP contribution is -2.38. The number of amides is 1. The molecule has 0 radical (unpaired) electrons. The van der Waals surface area contributed by atoms with Crippen molar-refractivity contribution in [2.45, 2.75) is 46.3 Å². The molecule has 1 amide bonds. The third-order valence-electron chi connectivity index (χ3n) is 6.64. The first-order chi connectivity index (χ1) is 18.0. The standard InChI is InChI=1S/C30H30F3N3O2/c1-19(2)16-17-35(28(37)22-11-9-12-23(18-22)30(31,32)33)21(4)27-34-25-14-7-6-13-24(25)29(38)36(27)26-15-8-5-10-20(26)3/h5-15,18-19,21H,16-17H2,1-4H3. The van der Waals surface area contributed by atoms with Gasteiger partial charge in [0.2, 0.25) is 0 Å². The van der Waals surface area contributed by atoms with E-state index in [-0.39, 0.29) is 23.6 Å². The van der Waals surface area contributed by atoms with Gasteiger partial charge in [-0.25, -0.2) is 4.98 Å². The summed E-state index contributed by atoms with van der Waals surface area (Å²) in [6.45, 7) is 7.95. The Morgan fingerprint density at radius 3 is 2.34 bits per heavy atom. The van der Waals surface area contributed by atoms with Gasteiger partial charge in [-0.1, -0.05) is 50.2 Å². The van der Waals surface area contributed by atoms with E-state index in [1.54, 1.807) is 31.2 Å². The number of rotatable bonds is 7. The summed E-state index contributed by atoms with van der Waals surface area (Å²) in [5.41, 5.74) is 0.731. The van der Waals surface area contributed by atoms with Crippen molar-refractivity contribution in [1.29, 1.82) is 0 Å². The Hall–Kier alpha value is -3.94. The van der Waals surface area contributed by atoms with Crippen molar-refractivity contribution in [2.75, 3.05) is 6.54 Å². The first kappa shape index (κ1) is 27.1. The number of halogens is 3. The Bertz CT molecular complexity index is 1530. The summed E-state index contributed by atoms with van der Waals surface area (Å²) in [6.07, 6.45) is -3.95. The predicted molar refractivity (Wildman–Crippen MR) is 142 cm³/mol. The van der Waals surface area contributed by atoms with Crippen LogP contribution in [0.3, 0.4) is 0 Å². The van der Waals surface area contributed by atoms with Crippen LogP contribution in [0.25, 0.3) is 16.6 Å². The fourth-order valence-electron chi connectivity index (χ4n) is 4.48. The van der Waals surface area contributed by atoms with Crippen LogP contribution in [0.4, 0.5) is 13.2 Å². The molecule has 1 heterocycles. The zero-order valence-electron chi connectivity index (χ0n) is 21.8. The average Bonchev–Trinajstić information content (AvgIpc) is 2.88. The number of benzene rings is 3. The third-order valence-corrected chi connectivity index (χ3v) is 6.64. The van der Waals surface area contributed by atoms with Crippen LogP contribution >= 0.6 is 0 Å². The molecule has 38 heavy (non-hydrogen) atoms. The molecule has 0 aliphatic rings. The second-order valence-corrected chi connectivity index (χ2v) is 9.85. The number of nitrogens with zero attached hydrogens (tertiary/aromatic N) is 3. The van der Waals surface area contributed by atoms with Crippen LogP contribution < -0.4 is 5.56 Å². The molecule has 0 N–H and O–H groups in total. The zero-order chi connectivity index (χ0) is 27.6. The van der Waals surface area contributed by atoms with E-state index in [1.165, 1.54) is 21.6 Å². The fraction of sp³-hybridized carbons (Fsp3) is 0.300. The molecule has 5 nitrogen and oxygen atoms in total. The highest BCUT2D eigenvalue weighted by Crippen LogP contribution is 2.31. The Kier molecular flexibility index (Phi) is 7.71. The number of carbonyl (C=O) groups excluding carboxylic acids is 1. The quantitative estimate of drug-likeness (QED) is 0.264. The monoisotopic (exact) mass is 521 g/mol. The maximum absolute atomic E-state index is 13.8. The molecule has 0 fully saturated rings. The summed E-state index contributed by atoms with van der Waals surface area (Å²) < 4.78 is 41.7. The van der Waals surface area contributed by atoms with Crippen LogP contribution in [-0.4, -0.2) is 26.9 Å². The molecule has 198 valence electrons. The van der Waals surface area contributed by atoms with Crippen molar-refractivity contribution in [3.63, 3.8) is 0 Å². The number of para-hydroxylation sites is 2. The lowest BCUT2D eigenvalue weighted by atomic mass is 10.1. The number of aryl methyl sites for hydroxylation is 1. The average molecular weight is 522 g/mol. The molecule has 8 heteroatoms.